The summed E-state index contributed by atoms with van der Waals surface area (Å²) in [6.07, 6.45) is 0. The van der Waals surface area contributed by atoms with E-state index >= 15 is 0 Å². The molecule has 2 aromatic rings. The van der Waals surface area contributed by atoms with E-state index < -0.39 is 11.6 Å². The molecule has 2 N–H and O–H groups in total. The molecule has 0 saturated carbocycles. The lowest BCUT2D eigenvalue weighted by Gasteiger charge is -2.09. The van der Waals surface area contributed by atoms with Crippen molar-refractivity contribution in [2.24, 2.45) is 5.73 Å². The first kappa shape index (κ1) is 13.7. The maximum absolute atomic E-state index is 13.0. The van der Waals surface area contributed by atoms with Crippen LogP contribution in [0.15, 0.2) is 36.4 Å². The molecule has 98 valence electrons. The fourth-order valence-corrected chi connectivity index (χ4v) is 1.80. The van der Waals surface area contributed by atoms with E-state index in [1.807, 2.05) is 0 Å². The monoisotopic (exact) mass is 299 g/mol. The zero-order chi connectivity index (χ0) is 14.0. The highest BCUT2D eigenvalue weighted by Crippen LogP contribution is 2.30. The fourth-order valence-electron chi connectivity index (χ4n) is 1.45. The summed E-state index contributed by atoms with van der Waals surface area (Å²) in [7, 11) is 0. The van der Waals surface area contributed by atoms with Gasteiger partial charge in [-0.3, -0.25) is 0 Å². The Bertz CT molecular complexity index is 628. The van der Waals surface area contributed by atoms with Crippen LogP contribution in [-0.4, -0.2) is 4.99 Å². The highest BCUT2D eigenvalue weighted by Gasteiger charge is 2.08. The average molecular weight is 300 g/mol. The fraction of sp³-hybridized carbons (Fsp3) is 0. The Morgan fingerprint density at radius 2 is 1.74 bits per heavy atom. The van der Waals surface area contributed by atoms with E-state index in [4.69, 9.17) is 34.3 Å². The third-order valence-electron chi connectivity index (χ3n) is 2.28. The second-order valence-electron chi connectivity index (χ2n) is 3.72. The van der Waals surface area contributed by atoms with Crippen LogP contribution in [0.5, 0.6) is 11.5 Å². The molecular formula is C13H8ClF2NOS. The molecule has 0 saturated heterocycles. The number of thiocarbonyl (C=S) groups is 1. The largest absolute Gasteiger partial charge is 0.456 e. The summed E-state index contributed by atoms with van der Waals surface area (Å²) in [6.45, 7) is 0. The summed E-state index contributed by atoms with van der Waals surface area (Å²) >= 11 is 10.8. The van der Waals surface area contributed by atoms with Gasteiger partial charge in [-0.15, -0.1) is 0 Å². The smallest absolute Gasteiger partial charge is 0.146 e. The summed E-state index contributed by atoms with van der Waals surface area (Å²) in [5.74, 6) is -1.19. The third-order valence-corrected chi connectivity index (χ3v) is 2.81. The Kier molecular flexibility index (Phi) is 3.97. The molecule has 0 aliphatic rings. The molecule has 19 heavy (non-hydrogen) atoms. The van der Waals surface area contributed by atoms with E-state index in [2.05, 4.69) is 0 Å². The topological polar surface area (TPSA) is 35.2 Å². The zero-order valence-corrected chi connectivity index (χ0v) is 11.1. The van der Waals surface area contributed by atoms with Crippen molar-refractivity contribution >= 4 is 28.8 Å². The standard InChI is InChI=1S/C13H8ClF2NOS/c14-11-3-7(13(17)19)1-2-12(11)18-10-5-8(15)4-9(16)6-10/h1-6H,(H2,17,19). The molecule has 2 aromatic carbocycles. The van der Waals surface area contributed by atoms with Crippen LogP contribution in [-0.2, 0) is 0 Å². The van der Waals surface area contributed by atoms with Crippen LogP contribution < -0.4 is 10.5 Å². The second kappa shape index (κ2) is 5.50. The van der Waals surface area contributed by atoms with E-state index in [9.17, 15) is 8.78 Å². The van der Waals surface area contributed by atoms with E-state index in [-0.39, 0.29) is 21.5 Å². The Morgan fingerprint density at radius 1 is 1.11 bits per heavy atom. The van der Waals surface area contributed by atoms with Gasteiger partial charge in [0.05, 0.1) is 5.02 Å². The number of nitrogens with two attached hydrogens (primary N) is 1. The van der Waals surface area contributed by atoms with Gasteiger partial charge in [0.15, 0.2) is 0 Å². The maximum atomic E-state index is 13.0. The lowest BCUT2D eigenvalue weighted by molar-refractivity contribution is 0.468. The van der Waals surface area contributed by atoms with Crippen LogP contribution in [0, 0.1) is 11.6 Å². The molecule has 6 heteroatoms. The molecule has 0 heterocycles. The lowest BCUT2D eigenvalue weighted by atomic mass is 10.2. The molecule has 0 spiro atoms. The van der Waals surface area contributed by atoms with E-state index in [1.54, 1.807) is 6.07 Å². The predicted molar refractivity (Wildman–Crippen MR) is 73.8 cm³/mol. The number of halogens is 3. The number of ether oxygens (including phenoxy) is 1. The SMILES string of the molecule is NC(=S)c1ccc(Oc2cc(F)cc(F)c2)c(Cl)c1. The van der Waals surface area contributed by atoms with E-state index in [0.717, 1.165) is 18.2 Å². The first-order valence-electron chi connectivity index (χ1n) is 5.19. The molecule has 0 bridgehead atoms. The normalized spacial score (nSPS) is 10.3. The minimum absolute atomic E-state index is 0.0162. The van der Waals surface area contributed by atoms with Crippen molar-refractivity contribution in [2.75, 3.05) is 0 Å². The van der Waals surface area contributed by atoms with Crippen molar-refractivity contribution in [3.05, 3.63) is 58.6 Å². The van der Waals surface area contributed by atoms with Gasteiger partial charge in [-0.25, -0.2) is 8.78 Å². The summed E-state index contributed by atoms with van der Waals surface area (Å²) in [4.78, 5) is 0.199. The number of benzene rings is 2. The molecule has 0 aliphatic heterocycles. The molecule has 0 radical (unpaired) electrons. The van der Waals surface area contributed by atoms with Gasteiger partial charge < -0.3 is 10.5 Å². The number of hydrogen-bond donors (Lipinski definition) is 1. The summed E-state index contributed by atoms with van der Waals surface area (Å²) in [6, 6.07) is 7.53. The first-order chi connectivity index (χ1) is 8.95. The average Bonchev–Trinajstić information content (AvgIpc) is 2.30. The minimum atomic E-state index is -0.731. The van der Waals surface area contributed by atoms with Crippen molar-refractivity contribution in [3.63, 3.8) is 0 Å². The summed E-state index contributed by atoms with van der Waals surface area (Å²) in [5.41, 5.74) is 6.04. The maximum Gasteiger partial charge on any atom is 0.146 e. The highest BCUT2D eigenvalue weighted by molar-refractivity contribution is 7.80. The first-order valence-corrected chi connectivity index (χ1v) is 5.97. The molecule has 0 atom stereocenters. The van der Waals surface area contributed by atoms with Crippen LogP contribution in [0.3, 0.4) is 0 Å². The van der Waals surface area contributed by atoms with Gasteiger partial charge in [-0.05, 0) is 18.2 Å². The molecule has 0 unspecified atom stereocenters. The molecule has 2 nitrogen and oxygen atoms in total. The van der Waals surface area contributed by atoms with Gasteiger partial charge in [0.2, 0.25) is 0 Å². The number of rotatable bonds is 3. The Morgan fingerprint density at radius 3 is 2.26 bits per heavy atom. The minimum Gasteiger partial charge on any atom is -0.456 e. The van der Waals surface area contributed by atoms with Crippen molar-refractivity contribution in [3.8, 4) is 11.5 Å². The molecule has 0 fully saturated rings. The Labute approximate surface area is 118 Å². The number of hydrogen-bond acceptors (Lipinski definition) is 2. The second-order valence-corrected chi connectivity index (χ2v) is 4.56. The van der Waals surface area contributed by atoms with Crippen LogP contribution >= 0.6 is 23.8 Å². The van der Waals surface area contributed by atoms with Crippen LogP contribution in [0.2, 0.25) is 5.02 Å². The van der Waals surface area contributed by atoms with Crippen LogP contribution in [0.1, 0.15) is 5.56 Å². The Balaban J connectivity index is 2.30. The quantitative estimate of drug-likeness (QED) is 0.869. The summed E-state index contributed by atoms with van der Waals surface area (Å²) < 4.78 is 31.3. The van der Waals surface area contributed by atoms with Crippen molar-refractivity contribution in [1.29, 1.82) is 0 Å². The van der Waals surface area contributed by atoms with E-state index in [1.165, 1.54) is 12.1 Å². The third kappa shape index (κ3) is 3.39. The van der Waals surface area contributed by atoms with Crippen molar-refractivity contribution < 1.29 is 13.5 Å². The van der Waals surface area contributed by atoms with E-state index in [0.29, 0.717) is 5.56 Å². The van der Waals surface area contributed by atoms with Crippen molar-refractivity contribution in [1.82, 2.24) is 0 Å². The molecule has 2 rings (SSSR count). The zero-order valence-electron chi connectivity index (χ0n) is 9.49. The highest BCUT2D eigenvalue weighted by atomic mass is 35.5. The van der Waals surface area contributed by atoms with Crippen LogP contribution in [0.25, 0.3) is 0 Å². The van der Waals surface area contributed by atoms with Crippen LogP contribution in [0.4, 0.5) is 8.78 Å². The summed E-state index contributed by atoms with van der Waals surface area (Å²) in [5, 5.41) is 0.245. The van der Waals surface area contributed by atoms with Gasteiger partial charge in [0.1, 0.15) is 28.1 Å². The van der Waals surface area contributed by atoms with Gasteiger partial charge in [-0.1, -0.05) is 23.8 Å². The molecule has 0 aliphatic carbocycles. The van der Waals surface area contributed by atoms with Crippen molar-refractivity contribution in [2.45, 2.75) is 0 Å². The molecule has 0 aromatic heterocycles. The molecule has 0 amide bonds. The molecular weight excluding hydrogens is 292 g/mol. The van der Waals surface area contributed by atoms with Gasteiger partial charge in [0, 0.05) is 23.8 Å². The lowest BCUT2D eigenvalue weighted by Crippen LogP contribution is -2.08. The van der Waals surface area contributed by atoms with Gasteiger partial charge in [-0.2, -0.15) is 0 Å². The predicted octanol–water partition coefficient (Wildman–Crippen LogP) is 4.04. The Hall–Kier alpha value is -1.72. The van der Waals surface area contributed by atoms with Gasteiger partial charge in [0.25, 0.3) is 0 Å². The van der Waals surface area contributed by atoms with Gasteiger partial charge >= 0.3 is 0 Å².